The lowest BCUT2D eigenvalue weighted by Crippen LogP contribution is -2.44. The van der Waals surface area contributed by atoms with Crippen molar-refractivity contribution in [3.05, 3.63) is 124 Å². The number of aromatic amines is 2. The van der Waals surface area contributed by atoms with Crippen LogP contribution in [-0.4, -0.2) is 165 Å². The number of benzene rings is 4. The highest BCUT2D eigenvalue weighted by Gasteiger charge is 2.35. The topological polar surface area (TPSA) is 134 Å². The summed E-state index contributed by atoms with van der Waals surface area (Å²) in [4.78, 5) is 76.6. The molecule has 5 aliphatic rings. The summed E-state index contributed by atoms with van der Waals surface area (Å²) in [5, 5.41) is 0. The van der Waals surface area contributed by atoms with Crippen LogP contribution < -0.4 is 4.90 Å². The van der Waals surface area contributed by atoms with Gasteiger partial charge in [0.1, 0.15) is 11.6 Å². The van der Waals surface area contributed by atoms with E-state index >= 15 is 0 Å². The molecule has 0 unspecified atom stereocenters. The highest BCUT2D eigenvalue weighted by molar-refractivity contribution is 5.96. The minimum absolute atomic E-state index is 0.0369. The zero-order valence-corrected chi connectivity index (χ0v) is 40.3. The Morgan fingerprint density at radius 1 is 0.551 bits per heavy atom. The van der Waals surface area contributed by atoms with Gasteiger partial charge in [0.05, 0.1) is 47.0 Å². The smallest absolute Gasteiger partial charge is 0.324 e. The van der Waals surface area contributed by atoms with E-state index in [0.717, 1.165) is 154 Å². The molecular formula is C54H66N12O3. The number of rotatable bonds is 13. The standard InChI is InChI=1S/C54H66N12O3/c1-59-21-25-61(26-22-59)36-41-11-5-3-9-39(41)32-50(67)65-19-7-13-48(65)52-55-44-17-15-38(31-46(44)57-52)35-63-29-30-64(54(63)69)43-16-18-45-47(34-43)58-53(56-45)49-14-8-20-66(49)51(68)33-40-10-4-6-12-42(40)37-62-27-23-60(2)24-28-62/h3-6,9-12,15-18,31,34,48-49H,7-8,13-14,19-30,32-33,35-37H2,1-2H3,(H,55,57)(H,56,58)/t48-,49-/m1/s1. The molecule has 4 amide bonds. The molecule has 0 bridgehead atoms. The Kier molecular flexibility index (Phi) is 12.9. The number of likely N-dealkylation sites (tertiary alicyclic amines) is 2. The van der Waals surface area contributed by atoms with Gasteiger partial charge in [0.2, 0.25) is 11.8 Å². The fraction of sp³-hybridized carbons (Fsp3) is 0.463. The van der Waals surface area contributed by atoms with Crippen LogP contribution in [-0.2, 0) is 42.1 Å². The van der Waals surface area contributed by atoms with Gasteiger partial charge in [0.15, 0.2) is 0 Å². The second-order valence-corrected chi connectivity index (χ2v) is 20.2. The maximum atomic E-state index is 14.0. The summed E-state index contributed by atoms with van der Waals surface area (Å²) >= 11 is 0. The molecule has 4 aromatic carbocycles. The monoisotopic (exact) mass is 931 g/mol. The number of hydrogen-bond donors (Lipinski definition) is 2. The molecule has 6 aromatic rings. The number of H-pyrrole nitrogens is 2. The minimum Gasteiger partial charge on any atom is -0.340 e. The number of hydrogen-bond acceptors (Lipinski definition) is 9. The van der Waals surface area contributed by atoms with Crippen molar-refractivity contribution in [3.8, 4) is 0 Å². The van der Waals surface area contributed by atoms with Gasteiger partial charge < -0.3 is 34.5 Å². The Bertz CT molecular complexity index is 2820. The molecule has 5 saturated heterocycles. The van der Waals surface area contributed by atoms with Crippen molar-refractivity contribution in [2.75, 3.05) is 97.5 Å². The molecule has 360 valence electrons. The average Bonchev–Trinajstić information content (AvgIpc) is 4.22. The Balaban J connectivity index is 0.717. The maximum absolute atomic E-state index is 14.0. The Morgan fingerprint density at radius 3 is 1.58 bits per heavy atom. The highest BCUT2D eigenvalue weighted by Crippen LogP contribution is 2.35. The first-order chi connectivity index (χ1) is 33.7. The van der Waals surface area contributed by atoms with E-state index in [1.807, 2.05) is 56.0 Å². The van der Waals surface area contributed by atoms with E-state index in [1.54, 1.807) is 0 Å². The first kappa shape index (κ1) is 45.3. The molecule has 15 nitrogen and oxygen atoms in total. The van der Waals surface area contributed by atoms with Crippen LogP contribution in [0.5, 0.6) is 0 Å². The molecule has 0 saturated carbocycles. The van der Waals surface area contributed by atoms with Gasteiger partial charge in [-0.1, -0.05) is 54.6 Å². The lowest BCUT2D eigenvalue weighted by Gasteiger charge is -2.32. The van der Waals surface area contributed by atoms with Gasteiger partial charge in [0.25, 0.3) is 0 Å². The van der Waals surface area contributed by atoms with Crippen LogP contribution in [0.1, 0.15) is 77.2 Å². The lowest BCUT2D eigenvalue weighted by atomic mass is 10.0. The number of likely N-dealkylation sites (N-methyl/N-ethyl adjacent to an activating group) is 2. The summed E-state index contributed by atoms with van der Waals surface area (Å²) in [7, 11) is 4.35. The fourth-order valence-electron chi connectivity index (χ4n) is 11.4. The van der Waals surface area contributed by atoms with Crippen molar-refractivity contribution in [2.45, 2.75) is 70.2 Å². The molecular weight excluding hydrogens is 865 g/mol. The second-order valence-electron chi connectivity index (χ2n) is 20.2. The molecule has 2 aromatic heterocycles. The Hall–Kier alpha value is -6.13. The van der Waals surface area contributed by atoms with Crippen LogP contribution in [0.15, 0.2) is 84.9 Å². The van der Waals surface area contributed by atoms with Gasteiger partial charge >= 0.3 is 6.03 Å². The minimum atomic E-state index is -0.115. The number of carbonyl (C=O) groups excluding carboxylic acids is 3. The molecule has 5 fully saturated rings. The largest absolute Gasteiger partial charge is 0.340 e. The lowest BCUT2D eigenvalue weighted by molar-refractivity contribution is -0.132. The SMILES string of the molecule is CN1CCN(Cc2ccccc2CC(=O)N2CCC[C@@H]2c2nc3ccc(CN4CCN(c5ccc6nc([C@H]7CCCN7C(=O)Cc7ccccc7CN7CCN(C)CC7)[nH]c6c5)C4=O)cc3[nH]2)CC1. The summed E-state index contributed by atoms with van der Waals surface area (Å²) in [5.74, 6) is 1.91. The molecule has 11 rings (SSSR count). The van der Waals surface area contributed by atoms with E-state index in [0.29, 0.717) is 39.0 Å². The van der Waals surface area contributed by atoms with Crippen molar-refractivity contribution in [2.24, 2.45) is 0 Å². The normalized spacial score (nSPS) is 21.2. The third-order valence-corrected chi connectivity index (χ3v) is 15.5. The van der Waals surface area contributed by atoms with Crippen LogP contribution in [0.3, 0.4) is 0 Å². The summed E-state index contributed by atoms with van der Waals surface area (Å²) in [6, 6.07) is 28.7. The van der Waals surface area contributed by atoms with E-state index in [9.17, 15) is 14.4 Å². The van der Waals surface area contributed by atoms with Gasteiger partial charge in [-0.15, -0.1) is 0 Å². The molecule has 15 heteroatoms. The summed E-state index contributed by atoms with van der Waals surface area (Å²) in [6.45, 7) is 13.3. The summed E-state index contributed by atoms with van der Waals surface area (Å²) in [5.41, 5.74) is 9.99. The van der Waals surface area contributed by atoms with E-state index in [4.69, 9.17) is 9.97 Å². The Morgan fingerprint density at radius 2 is 1.04 bits per heavy atom. The van der Waals surface area contributed by atoms with Gasteiger partial charge in [-0.3, -0.25) is 24.3 Å². The zero-order valence-electron chi connectivity index (χ0n) is 40.3. The number of amides is 4. The van der Waals surface area contributed by atoms with Crippen LogP contribution in [0.2, 0.25) is 0 Å². The number of urea groups is 1. The number of carbonyl (C=O) groups is 3. The molecule has 0 spiro atoms. The van der Waals surface area contributed by atoms with Crippen LogP contribution in [0.25, 0.3) is 22.1 Å². The first-order valence-corrected chi connectivity index (χ1v) is 25.3. The Labute approximate surface area is 405 Å². The molecule has 2 N–H and O–H groups in total. The highest BCUT2D eigenvalue weighted by atomic mass is 16.2. The number of fused-ring (bicyclic) bond motifs is 2. The van der Waals surface area contributed by atoms with E-state index in [2.05, 4.69) is 92.2 Å². The quantitative estimate of drug-likeness (QED) is 0.139. The van der Waals surface area contributed by atoms with Gasteiger partial charge in [-0.05, 0) is 97.9 Å². The fourth-order valence-corrected chi connectivity index (χ4v) is 11.4. The predicted molar refractivity (Wildman–Crippen MR) is 269 cm³/mol. The third-order valence-electron chi connectivity index (χ3n) is 15.5. The van der Waals surface area contributed by atoms with Crippen molar-refractivity contribution >= 4 is 45.6 Å². The van der Waals surface area contributed by atoms with Crippen molar-refractivity contribution < 1.29 is 14.4 Å². The average molecular weight is 931 g/mol. The van der Waals surface area contributed by atoms with E-state index in [-0.39, 0.29) is 29.9 Å². The van der Waals surface area contributed by atoms with Crippen molar-refractivity contribution in [3.63, 3.8) is 0 Å². The van der Waals surface area contributed by atoms with Gasteiger partial charge in [-0.2, -0.15) is 0 Å². The van der Waals surface area contributed by atoms with Crippen LogP contribution in [0.4, 0.5) is 10.5 Å². The maximum Gasteiger partial charge on any atom is 0.324 e. The molecule has 0 radical (unpaired) electrons. The van der Waals surface area contributed by atoms with Crippen LogP contribution in [0, 0.1) is 0 Å². The number of nitrogens with one attached hydrogen (secondary N) is 2. The van der Waals surface area contributed by atoms with E-state index in [1.165, 1.54) is 11.1 Å². The number of anilines is 1. The van der Waals surface area contributed by atoms with Crippen LogP contribution >= 0.6 is 0 Å². The molecule has 7 heterocycles. The zero-order chi connectivity index (χ0) is 47.0. The summed E-state index contributed by atoms with van der Waals surface area (Å²) < 4.78 is 0. The molecule has 5 aliphatic heterocycles. The molecule has 0 aliphatic carbocycles. The predicted octanol–water partition coefficient (Wildman–Crippen LogP) is 6.19. The third kappa shape index (κ3) is 9.74. The van der Waals surface area contributed by atoms with Crippen molar-refractivity contribution in [1.29, 1.82) is 0 Å². The molecule has 2 atom stereocenters. The molecule has 69 heavy (non-hydrogen) atoms. The van der Waals surface area contributed by atoms with Gasteiger partial charge in [-0.25, -0.2) is 14.8 Å². The number of aromatic nitrogens is 4. The van der Waals surface area contributed by atoms with E-state index < -0.39 is 0 Å². The number of piperazine rings is 2. The number of imidazole rings is 2. The van der Waals surface area contributed by atoms with Crippen molar-refractivity contribution in [1.82, 2.24) is 54.2 Å². The summed E-state index contributed by atoms with van der Waals surface area (Å²) in [6.07, 6.45) is 4.37. The van der Waals surface area contributed by atoms with Gasteiger partial charge in [0, 0.05) is 104 Å². The second kappa shape index (κ2) is 19.7. The first-order valence-electron chi connectivity index (χ1n) is 25.3. The number of nitrogens with zero attached hydrogens (tertiary/aromatic N) is 10.